The van der Waals surface area contributed by atoms with Crippen LogP contribution in [0.2, 0.25) is 0 Å². The highest BCUT2D eigenvalue weighted by Gasteiger charge is 2.17. The zero-order valence-corrected chi connectivity index (χ0v) is 15.9. The number of nitrogen functional groups attached to an aromatic ring is 1. The Bertz CT molecular complexity index is 1240. The average molecular weight is 370 g/mol. The lowest BCUT2D eigenvalue weighted by Gasteiger charge is -2.22. The van der Waals surface area contributed by atoms with Crippen LogP contribution in [0.1, 0.15) is 17.3 Å². The molecule has 2 aliphatic rings. The number of fused-ring (bicyclic) bond motifs is 3. The van der Waals surface area contributed by atoms with Gasteiger partial charge in [-0.3, -0.25) is 4.79 Å². The molecule has 28 heavy (non-hydrogen) atoms. The number of carbonyl (C=O) groups is 1. The minimum atomic E-state index is -0.0925. The van der Waals surface area contributed by atoms with Crippen molar-refractivity contribution in [2.75, 3.05) is 12.3 Å². The number of carbonyl (C=O) groups excluding carboxylic acids is 1. The largest absolute Gasteiger partial charge is 0.399 e. The Morgan fingerprint density at radius 3 is 2.68 bits per heavy atom. The van der Waals surface area contributed by atoms with Gasteiger partial charge in [-0.25, -0.2) is 0 Å². The van der Waals surface area contributed by atoms with E-state index >= 15 is 0 Å². The minimum absolute atomic E-state index is 0.0925. The van der Waals surface area contributed by atoms with Crippen LogP contribution >= 0.6 is 0 Å². The van der Waals surface area contributed by atoms with E-state index in [9.17, 15) is 4.79 Å². The summed E-state index contributed by atoms with van der Waals surface area (Å²) in [5, 5.41) is 13.4. The summed E-state index contributed by atoms with van der Waals surface area (Å²) in [6.07, 6.45) is 0. The van der Waals surface area contributed by atoms with Crippen LogP contribution in [-0.2, 0) is 7.05 Å². The van der Waals surface area contributed by atoms with E-state index in [0.29, 0.717) is 23.2 Å². The SMILES string of the molecule is CCNC(=O)c1cccc(-c2c3cc(N)ccc3c3ccc(=N)cc-3n2C)c1. The number of rotatable bonds is 3. The molecule has 0 atom stereocenters. The lowest BCUT2D eigenvalue weighted by Crippen LogP contribution is -2.22. The minimum Gasteiger partial charge on any atom is -0.399 e. The second-order valence-corrected chi connectivity index (χ2v) is 6.88. The summed E-state index contributed by atoms with van der Waals surface area (Å²) < 4.78 is 2.08. The van der Waals surface area contributed by atoms with E-state index in [-0.39, 0.29) is 5.91 Å². The van der Waals surface area contributed by atoms with E-state index in [1.807, 2.05) is 68.6 Å². The number of hydrogen-bond acceptors (Lipinski definition) is 3. The zero-order chi connectivity index (χ0) is 19.8. The van der Waals surface area contributed by atoms with E-state index in [1.54, 1.807) is 6.07 Å². The lowest BCUT2D eigenvalue weighted by atomic mass is 9.94. The maximum atomic E-state index is 12.3. The molecule has 0 spiro atoms. The molecule has 0 saturated heterocycles. The Morgan fingerprint density at radius 1 is 1.07 bits per heavy atom. The third-order valence-corrected chi connectivity index (χ3v) is 5.02. The van der Waals surface area contributed by atoms with E-state index in [2.05, 4.69) is 9.88 Å². The van der Waals surface area contributed by atoms with Gasteiger partial charge in [0.1, 0.15) is 0 Å². The first-order valence-corrected chi connectivity index (χ1v) is 9.25. The number of nitrogens with two attached hydrogens (primary N) is 1. The second-order valence-electron chi connectivity index (χ2n) is 6.88. The van der Waals surface area contributed by atoms with Crippen molar-refractivity contribution in [3.63, 3.8) is 0 Å². The van der Waals surface area contributed by atoms with Crippen molar-refractivity contribution in [2.24, 2.45) is 7.05 Å². The molecule has 1 aliphatic carbocycles. The van der Waals surface area contributed by atoms with Gasteiger partial charge < -0.3 is 21.0 Å². The van der Waals surface area contributed by atoms with Gasteiger partial charge in [0.2, 0.25) is 0 Å². The molecule has 140 valence electrons. The van der Waals surface area contributed by atoms with E-state index in [4.69, 9.17) is 11.1 Å². The molecule has 4 N–H and O–H groups in total. The molecule has 4 rings (SSSR count). The van der Waals surface area contributed by atoms with Crippen molar-refractivity contribution >= 4 is 22.4 Å². The summed E-state index contributed by atoms with van der Waals surface area (Å²) in [7, 11) is 1.98. The van der Waals surface area contributed by atoms with Crippen LogP contribution < -0.4 is 16.4 Å². The smallest absolute Gasteiger partial charge is 0.251 e. The van der Waals surface area contributed by atoms with Crippen LogP contribution in [-0.4, -0.2) is 17.0 Å². The Hall–Kier alpha value is -3.60. The molecule has 1 amide bonds. The monoisotopic (exact) mass is 370 g/mol. The van der Waals surface area contributed by atoms with Crippen molar-refractivity contribution in [3.8, 4) is 22.5 Å². The molecule has 2 aromatic rings. The standard InChI is InChI=1S/C23H22N4O/c1-3-26-23(28)15-6-4-5-14(11-15)22-20-12-16(24)7-9-18(20)19-10-8-17(25)13-21(19)27(22)2/h4-13,25H,3,24H2,1-2H3,(H,26,28). The predicted octanol–water partition coefficient (Wildman–Crippen LogP) is 3.76. The van der Waals surface area contributed by atoms with Gasteiger partial charge in [0.15, 0.2) is 0 Å². The van der Waals surface area contributed by atoms with Crippen LogP contribution in [0.25, 0.3) is 33.3 Å². The molecular formula is C23H22N4O. The molecule has 5 nitrogen and oxygen atoms in total. The van der Waals surface area contributed by atoms with E-state index < -0.39 is 0 Å². The molecular weight excluding hydrogens is 348 g/mol. The van der Waals surface area contributed by atoms with Crippen molar-refractivity contribution in [1.29, 1.82) is 5.41 Å². The molecule has 0 saturated carbocycles. The van der Waals surface area contributed by atoms with Gasteiger partial charge in [0.25, 0.3) is 5.91 Å². The first-order chi connectivity index (χ1) is 13.5. The summed E-state index contributed by atoms with van der Waals surface area (Å²) in [6, 6.07) is 19.1. The number of anilines is 1. The third-order valence-electron chi connectivity index (χ3n) is 5.02. The highest BCUT2D eigenvalue weighted by molar-refractivity contribution is 6.06. The molecule has 0 bridgehead atoms. The number of aromatic nitrogens is 1. The second kappa shape index (κ2) is 6.85. The Morgan fingerprint density at radius 2 is 1.89 bits per heavy atom. The lowest BCUT2D eigenvalue weighted by molar-refractivity contribution is 0.0956. The van der Waals surface area contributed by atoms with Gasteiger partial charge in [0, 0.05) is 35.8 Å². The van der Waals surface area contributed by atoms with Crippen LogP contribution in [0, 0.1) is 5.41 Å². The predicted molar refractivity (Wildman–Crippen MR) is 113 cm³/mol. The highest BCUT2D eigenvalue weighted by Crippen LogP contribution is 2.38. The first kappa shape index (κ1) is 17.8. The van der Waals surface area contributed by atoms with Gasteiger partial charge in [-0.15, -0.1) is 0 Å². The number of pyridine rings is 1. The summed E-state index contributed by atoms with van der Waals surface area (Å²) in [5.74, 6) is -0.0925. The zero-order valence-electron chi connectivity index (χ0n) is 15.9. The van der Waals surface area contributed by atoms with Gasteiger partial charge >= 0.3 is 0 Å². The number of amides is 1. The topological polar surface area (TPSA) is 83.9 Å². The van der Waals surface area contributed by atoms with E-state index in [1.165, 1.54) is 0 Å². The molecule has 5 heteroatoms. The Kier molecular flexibility index (Phi) is 4.35. The van der Waals surface area contributed by atoms with Crippen LogP contribution in [0.15, 0.2) is 60.7 Å². The summed E-state index contributed by atoms with van der Waals surface area (Å²) in [4.78, 5) is 12.3. The summed E-state index contributed by atoms with van der Waals surface area (Å²) in [6.45, 7) is 2.48. The number of benzene rings is 3. The molecule has 1 aliphatic heterocycles. The van der Waals surface area contributed by atoms with Gasteiger partial charge in [-0.05, 0) is 54.3 Å². The maximum Gasteiger partial charge on any atom is 0.251 e. The van der Waals surface area contributed by atoms with Gasteiger partial charge in [0.05, 0.1) is 16.7 Å². The summed E-state index contributed by atoms with van der Waals surface area (Å²) in [5.41, 5.74) is 11.3. The third kappa shape index (κ3) is 2.91. The number of nitrogens with zero attached hydrogens (tertiary/aromatic N) is 1. The Balaban J connectivity index is 2.08. The normalized spacial score (nSPS) is 11.1. The van der Waals surface area contributed by atoms with Crippen LogP contribution in [0.3, 0.4) is 0 Å². The average Bonchev–Trinajstić information content (AvgIpc) is 2.68. The van der Waals surface area contributed by atoms with Crippen molar-refractivity contribution < 1.29 is 4.79 Å². The van der Waals surface area contributed by atoms with E-state index in [0.717, 1.165) is 33.3 Å². The first-order valence-electron chi connectivity index (χ1n) is 9.25. The molecule has 0 unspecified atom stereocenters. The van der Waals surface area contributed by atoms with Crippen LogP contribution in [0.4, 0.5) is 5.69 Å². The fourth-order valence-corrected chi connectivity index (χ4v) is 3.75. The summed E-state index contributed by atoms with van der Waals surface area (Å²) >= 11 is 0. The fourth-order valence-electron chi connectivity index (χ4n) is 3.75. The molecule has 2 aromatic carbocycles. The molecule has 0 aromatic heterocycles. The van der Waals surface area contributed by atoms with Crippen molar-refractivity contribution in [1.82, 2.24) is 9.88 Å². The Labute approximate surface area is 163 Å². The number of hydrogen-bond donors (Lipinski definition) is 3. The molecule has 0 radical (unpaired) electrons. The fraction of sp³-hybridized carbons (Fsp3) is 0.130. The molecule has 0 fully saturated rings. The number of nitrogens with one attached hydrogen (secondary N) is 2. The van der Waals surface area contributed by atoms with Crippen molar-refractivity contribution in [2.45, 2.75) is 6.92 Å². The van der Waals surface area contributed by atoms with Gasteiger partial charge in [-0.2, -0.15) is 0 Å². The van der Waals surface area contributed by atoms with Gasteiger partial charge in [-0.1, -0.05) is 24.3 Å². The quantitative estimate of drug-likeness (QED) is 0.379. The molecule has 1 heterocycles. The maximum absolute atomic E-state index is 12.3. The highest BCUT2D eigenvalue weighted by atomic mass is 16.1. The van der Waals surface area contributed by atoms with Crippen LogP contribution in [0.5, 0.6) is 0 Å². The van der Waals surface area contributed by atoms with Crippen molar-refractivity contribution in [3.05, 3.63) is 71.6 Å².